The molecule has 1 N–H and O–H groups in total. The van der Waals surface area contributed by atoms with Gasteiger partial charge in [-0.05, 0) is 23.8 Å². The Morgan fingerprint density at radius 3 is 2.81 bits per heavy atom. The summed E-state index contributed by atoms with van der Waals surface area (Å²) in [5.74, 6) is -0.649. The number of rotatable bonds is 5. The van der Waals surface area contributed by atoms with E-state index in [1.54, 1.807) is 6.20 Å². The molecule has 0 aliphatic carbocycles. The highest BCUT2D eigenvalue weighted by Crippen LogP contribution is 2.37. The van der Waals surface area contributed by atoms with E-state index in [2.05, 4.69) is 16.0 Å². The molecule has 0 bridgehead atoms. The number of fused-ring (bicyclic) bond motifs is 1. The fourth-order valence-corrected chi connectivity index (χ4v) is 2.98. The Morgan fingerprint density at radius 2 is 2.05 bits per heavy atom. The maximum atomic E-state index is 11.0. The van der Waals surface area contributed by atoms with E-state index < -0.39 is 5.97 Å². The third-order valence-corrected chi connectivity index (χ3v) is 3.94. The van der Waals surface area contributed by atoms with Crippen LogP contribution in [0.25, 0.3) is 0 Å². The number of carbonyl (C=O) groups is 1. The van der Waals surface area contributed by atoms with Crippen molar-refractivity contribution in [3.63, 3.8) is 0 Å². The quantitative estimate of drug-likeness (QED) is 0.916. The molecule has 1 aromatic carbocycles. The Kier molecular flexibility index (Phi) is 3.86. The van der Waals surface area contributed by atoms with Crippen molar-refractivity contribution in [2.24, 2.45) is 0 Å². The van der Waals surface area contributed by atoms with Crippen LogP contribution in [0.5, 0.6) is 0 Å². The maximum Gasteiger partial charge on any atom is 0.304 e. The van der Waals surface area contributed by atoms with E-state index in [9.17, 15) is 4.79 Å². The third-order valence-electron chi connectivity index (χ3n) is 3.94. The number of aromatic nitrogens is 1. The maximum absolute atomic E-state index is 11.0. The van der Waals surface area contributed by atoms with Crippen LogP contribution in [0.2, 0.25) is 0 Å². The van der Waals surface area contributed by atoms with Gasteiger partial charge in [-0.25, -0.2) is 0 Å². The molecule has 1 unspecified atom stereocenters. The monoisotopic (exact) mass is 282 g/mol. The van der Waals surface area contributed by atoms with Crippen molar-refractivity contribution in [3.05, 3.63) is 59.9 Å². The second-order valence-electron chi connectivity index (χ2n) is 5.37. The Morgan fingerprint density at radius 1 is 1.24 bits per heavy atom. The first kappa shape index (κ1) is 13.6. The van der Waals surface area contributed by atoms with Gasteiger partial charge in [0.05, 0.1) is 6.42 Å². The molecule has 2 heterocycles. The van der Waals surface area contributed by atoms with Crippen molar-refractivity contribution in [1.82, 2.24) is 4.98 Å². The van der Waals surface area contributed by atoms with E-state index >= 15 is 0 Å². The van der Waals surface area contributed by atoms with Crippen LogP contribution in [0.1, 0.15) is 23.6 Å². The molecule has 1 aliphatic heterocycles. The third kappa shape index (κ3) is 3.05. The van der Waals surface area contributed by atoms with Gasteiger partial charge in [0.25, 0.3) is 0 Å². The number of pyridine rings is 1. The lowest BCUT2D eigenvalue weighted by Gasteiger charge is -2.19. The van der Waals surface area contributed by atoms with Gasteiger partial charge in [-0.1, -0.05) is 24.3 Å². The number of para-hydroxylation sites is 1. The van der Waals surface area contributed by atoms with Gasteiger partial charge < -0.3 is 10.0 Å². The molecule has 0 spiro atoms. The zero-order valence-electron chi connectivity index (χ0n) is 11.8. The zero-order valence-corrected chi connectivity index (χ0v) is 11.8. The Bertz CT molecular complexity index is 628. The molecule has 21 heavy (non-hydrogen) atoms. The minimum Gasteiger partial charge on any atom is -0.481 e. The van der Waals surface area contributed by atoms with E-state index in [0.717, 1.165) is 30.8 Å². The van der Waals surface area contributed by atoms with Crippen molar-refractivity contribution in [1.29, 1.82) is 0 Å². The van der Waals surface area contributed by atoms with Crippen LogP contribution in [0.15, 0.2) is 48.7 Å². The predicted molar refractivity (Wildman–Crippen MR) is 81.6 cm³/mol. The molecule has 1 atom stereocenters. The topological polar surface area (TPSA) is 53.4 Å². The number of carboxylic acids is 1. The molecule has 0 fully saturated rings. The number of carboxylic acid groups (broad SMARTS) is 1. The molecule has 1 aromatic heterocycles. The predicted octanol–water partition coefficient (Wildman–Crippen LogP) is 2.70. The van der Waals surface area contributed by atoms with E-state index in [1.165, 1.54) is 5.69 Å². The van der Waals surface area contributed by atoms with Crippen LogP contribution in [-0.4, -0.2) is 29.1 Å². The summed E-state index contributed by atoms with van der Waals surface area (Å²) >= 11 is 0. The smallest absolute Gasteiger partial charge is 0.304 e. The Labute approximate surface area is 124 Å². The van der Waals surface area contributed by atoms with Gasteiger partial charge in [0, 0.05) is 43.0 Å². The van der Waals surface area contributed by atoms with Crippen molar-refractivity contribution >= 4 is 11.7 Å². The fraction of sp³-hybridized carbons (Fsp3) is 0.294. The van der Waals surface area contributed by atoms with Crippen LogP contribution in [0.4, 0.5) is 5.69 Å². The SMILES string of the molecule is O=C(O)CC1CN(CCc2ccccn2)c2ccccc21. The van der Waals surface area contributed by atoms with Crippen LogP contribution in [-0.2, 0) is 11.2 Å². The largest absolute Gasteiger partial charge is 0.481 e. The molecule has 0 saturated heterocycles. The van der Waals surface area contributed by atoms with E-state index in [-0.39, 0.29) is 12.3 Å². The van der Waals surface area contributed by atoms with Crippen molar-refractivity contribution < 1.29 is 9.90 Å². The molecular weight excluding hydrogens is 264 g/mol. The van der Waals surface area contributed by atoms with Crippen LogP contribution in [0.3, 0.4) is 0 Å². The number of nitrogens with zero attached hydrogens (tertiary/aromatic N) is 2. The van der Waals surface area contributed by atoms with Gasteiger partial charge >= 0.3 is 5.97 Å². The lowest BCUT2D eigenvalue weighted by Crippen LogP contribution is -2.25. The lowest BCUT2D eigenvalue weighted by molar-refractivity contribution is -0.137. The van der Waals surface area contributed by atoms with Crippen molar-refractivity contribution in [2.75, 3.05) is 18.0 Å². The summed E-state index contributed by atoms with van der Waals surface area (Å²) in [7, 11) is 0. The molecule has 0 saturated carbocycles. The molecular formula is C17H18N2O2. The highest BCUT2D eigenvalue weighted by Gasteiger charge is 2.29. The average molecular weight is 282 g/mol. The fourth-order valence-electron chi connectivity index (χ4n) is 2.98. The molecule has 3 rings (SSSR count). The summed E-state index contributed by atoms with van der Waals surface area (Å²) in [5, 5.41) is 9.07. The van der Waals surface area contributed by atoms with Crippen LogP contribution < -0.4 is 4.90 Å². The number of aliphatic carboxylic acids is 1. The van der Waals surface area contributed by atoms with Gasteiger partial charge in [0.15, 0.2) is 0 Å². The van der Waals surface area contributed by atoms with E-state index in [0.29, 0.717) is 0 Å². The Hall–Kier alpha value is -2.36. The van der Waals surface area contributed by atoms with Gasteiger partial charge in [-0.15, -0.1) is 0 Å². The lowest BCUT2D eigenvalue weighted by atomic mass is 9.98. The van der Waals surface area contributed by atoms with Crippen LogP contribution >= 0.6 is 0 Å². The molecule has 4 heteroatoms. The normalized spacial score (nSPS) is 16.8. The summed E-state index contributed by atoms with van der Waals surface area (Å²) in [4.78, 5) is 17.6. The number of anilines is 1. The highest BCUT2D eigenvalue weighted by atomic mass is 16.4. The second kappa shape index (κ2) is 5.95. The van der Waals surface area contributed by atoms with Gasteiger partial charge in [-0.3, -0.25) is 9.78 Å². The number of hydrogen-bond acceptors (Lipinski definition) is 3. The van der Waals surface area contributed by atoms with Gasteiger partial charge in [-0.2, -0.15) is 0 Å². The van der Waals surface area contributed by atoms with E-state index in [1.807, 2.05) is 36.4 Å². The van der Waals surface area contributed by atoms with Gasteiger partial charge in [0.2, 0.25) is 0 Å². The zero-order chi connectivity index (χ0) is 14.7. The van der Waals surface area contributed by atoms with Crippen molar-refractivity contribution in [2.45, 2.75) is 18.8 Å². The van der Waals surface area contributed by atoms with Crippen molar-refractivity contribution in [3.8, 4) is 0 Å². The van der Waals surface area contributed by atoms with E-state index in [4.69, 9.17) is 5.11 Å². The summed E-state index contributed by atoms with van der Waals surface area (Å²) < 4.78 is 0. The first-order valence-electron chi connectivity index (χ1n) is 7.19. The minimum absolute atomic E-state index is 0.0856. The minimum atomic E-state index is -0.735. The summed E-state index contributed by atoms with van der Waals surface area (Å²) in [6.07, 6.45) is 2.87. The standard InChI is InChI=1S/C17H18N2O2/c20-17(21)11-13-12-19(16-7-2-1-6-15(13)16)10-8-14-5-3-4-9-18-14/h1-7,9,13H,8,10-12H2,(H,20,21). The Balaban J connectivity index is 1.73. The molecule has 1 aliphatic rings. The summed E-state index contributed by atoms with van der Waals surface area (Å²) in [6, 6.07) is 14.0. The second-order valence-corrected chi connectivity index (χ2v) is 5.37. The molecule has 108 valence electrons. The van der Waals surface area contributed by atoms with Crippen LogP contribution in [0, 0.1) is 0 Å². The highest BCUT2D eigenvalue weighted by molar-refractivity contribution is 5.71. The summed E-state index contributed by atoms with van der Waals surface area (Å²) in [6.45, 7) is 1.64. The first-order valence-corrected chi connectivity index (χ1v) is 7.19. The summed E-state index contributed by atoms with van der Waals surface area (Å²) in [5.41, 5.74) is 3.39. The number of hydrogen-bond donors (Lipinski definition) is 1. The molecule has 0 radical (unpaired) electrons. The first-order chi connectivity index (χ1) is 10.2. The molecule has 0 amide bonds. The van der Waals surface area contributed by atoms with Gasteiger partial charge in [0.1, 0.15) is 0 Å². The number of benzene rings is 1. The average Bonchev–Trinajstić information content (AvgIpc) is 2.84. The molecule has 2 aromatic rings. The molecule has 4 nitrogen and oxygen atoms in total.